The molecule has 26 heavy (non-hydrogen) atoms. The Morgan fingerprint density at radius 2 is 1.77 bits per heavy atom. The van der Waals surface area contributed by atoms with Gasteiger partial charge in [0.25, 0.3) is 0 Å². The Kier molecular flexibility index (Phi) is 8.02. The van der Waals surface area contributed by atoms with Crippen molar-refractivity contribution in [3.8, 4) is 0 Å². The molecule has 0 aliphatic carbocycles. The standard InChI is InChI=1S/C19H30N2O5/c1-12(2)18(23)21(9-8-10-25-6)11-15(22)16-13(3)17(19(24)26-7)20(5)14(16)4/h12H,8-11H2,1-7H3. The van der Waals surface area contributed by atoms with Gasteiger partial charge < -0.3 is 18.9 Å². The van der Waals surface area contributed by atoms with Gasteiger partial charge in [0, 0.05) is 44.5 Å². The summed E-state index contributed by atoms with van der Waals surface area (Å²) in [5, 5.41) is 0. The fraction of sp³-hybridized carbons (Fsp3) is 0.632. The molecule has 0 bridgehead atoms. The molecule has 0 N–H and O–H groups in total. The highest BCUT2D eigenvalue weighted by Crippen LogP contribution is 2.23. The largest absolute Gasteiger partial charge is 0.464 e. The van der Waals surface area contributed by atoms with E-state index in [1.54, 1.807) is 37.5 Å². The lowest BCUT2D eigenvalue weighted by molar-refractivity contribution is -0.134. The van der Waals surface area contributed by atoms with Gasteiger partial charge in [-0.1, -0.05) is 13.8 Å². The summed E-state index contributed by atoms with van der Waals surface area (Å²) in [6, 6.07) is 0. The summed E-state index contributed by atoms with van der Waals surface area (Å²) in [6.45, 7) is 8.08. The van der Waals surface area contributed by atoms with Crippen LogP contribution in [0.25, 0.3) is 0 Å². The van der Waals surface area contributed by atoms with E-state index in [-0.39, 0.29) is 24.2 Å². The molecule has 146 valence electrons. The Balaban J connectivity index is 3.13. The zero-order valence-electron chi connectivity index (χ0n) is 16.8. The maximum Gasteiger partial charge on any atom is 0.354 e. The normalized spacial score (nSPS) is 10.9. The number of ketones is 1. The second kappa shape index (κ2) is 9.52. The summed E-state index contributed by atoms with van der Waals surface area (Å²) in [6.07, 6.45) is 0.655. The fourth-order valence-corrected chi connectivity index (χ4v) is 3.06. The molecule has 0 spiro atoms. The third kappa shape index (κ3) is 4.72. The number of amides is 1. The van der Waals surface area contributed by atoms with E-state index in [2.05, 4.69) is 0 Å². The summed E-state index contributed by atoms with van der Waals surface area (Å²) < 4.78 is 11.5. The third-order valence-electron chi connectivity index (χ3n) is 4.50. The van der Waals surface area contributed by atoms with Gasteiger partial charge in [-0.2, -0.15) is 0 Å². The van der Waals surface area contributed by atoms with Crippen LogP contribution in [0, 0.1) is 19.8 Å². The van der Waals surface area contributed by atoms with E-state index in [0.717, 1.165) is 0 Å². The molecule has 1 rings (SSSR count). The van der Waals surface area contributed by atoms with Gasteiger partial charge in [0.05, 0.1) is 13.7 Å². The Hall–Kier alpha value is -2.15. The molecule has 1 amide bonds. The lowest BCUT2D eigenvalue weighted by atomic mass is 10.0. The summed E-state index contributed by atoms with van der Waals surface area (Å²) in [5.41, 5.74) is 2.09. The van der Waals surface area contributed by atoms with Crippen molar-refractivity contribution in [2.45, 2.75) is 34.1 Å². The molecule has 0 radical (unpaired) electrons. The van der Waals surface area contributed by atoms with Crippen molar-refractivity contribution in [3.05, 3.63) is 22.5 Å². The van der Waals surface area contributed by atoms with Crippen LogP contribution in [0.4, 0.5) is 0 Å². The number of Topliss-reactive ketones (excluding diaryl/α,β-unsaturated/α-hetero) is 1. The lowest BCUT2D eigenvalue weighted by Gasteiger charge is -2.24. The lowest BCUT2D eigenvalue weighted by Crippen LogP contribution is -2.39. The van der Waals surface area contributed by atoms with Crippen LogP contribution < -0.4 is 0 Å². The maximum absolute atomic E-state index is 12.9. The van der Waals surface area contributed by atoms with Gasteiger partial charge in [-0.3, -0.25) is 9.59 Å². The molecule has 7 heteroatoms. The quantitative estimate of drug-likeness (QED) is 0.380. The van der Waals surface area contributed by atoms with E-state index in [0.29, 0.717) is 42.1 Å². The molecule has 0 fully saturated rings. The van der Waals surface area contributed by atoms with Gasteiger partial charge >= 0.3 is 5.97 Å². The van der Waals surface area contributed by atoms with Crippen molar-refractivity contribution in [1.82, 2.24) is 9.47 Å². The third-order valence-corrected chi connectivity index (χ3v) is 4.50. The van der Waals surface area contributed by atoms with Gasteiger partial charge in [0.15, 0.2) is 5.78 Å². The van der Waals surface area contributed by atoms with Crippen molar-refractivity contribution in [1.29, 1.82) is 0 Å². The molecule has 0 aliphatic heterocycles. The van der Waals surface area contributed by atoms with Gasteiger partial charge in [0.1, 0.15) is 5.69 Å². The number of carbonyl (C=O) groups is 3. The highest BCUT2D eigenvalue weighted by molar-refractivity contribution is 6.04. The predicted octanol–water partition coefficient (Wildman–Crippen LogP) is 2.13. The molecular weight excluding hydrogens is 336 g/mol. The molecule has 0 aliphatic rings. The first-order chi connectivity index (χ1) is 12.2. The van der Waals surface area contributed by atoms with Gasteiger partial charge in [-0.05, 0) is 25.8 Å². The van der Waals surface area contributed by atoms with Crippen molar-refractivity contribution in [2.24, 2.45) is 13.0 Å². The second-order valence-corrected chi connectivity index (χ2v) is 6.67. The highest BCUT2D eigenvalue weighted by Gasteiger charge is 2.27. The Bertz CT molecular complexity index is 676. The van der Waals surface area contributed by atoms with Crippen LogP contribution >= 0.6 is 0 Å². The minimum Gasteiger partial charge on any atom is -0.464 e. The van der Waals surface area contributed by atoms with Crippen molar-refractivity contribution in [2.75, 3.05) is 33.9 Å². The molecule has 1 aromatic rings. The molecular formula is C19H30N2O5. The number of aromatic nitrogens is 1. The number of methoxy groups -OCH3 is 2. The first kappa shape index (κ1) is 21.9. The molecule has 7 nitrogen and oxygen atoms in total. The van der Waals surface area contributed by atoms with Crippen molar-refractivity contribution in [3.63, 3.8) is 0 Å². The number of rotatable bonds is 9. The van der Waals surface area contributed by atoms with E-state index in [9.17, 15) is 14.4 Å². The van der Waals surface area contributed by atoms with Gasteiger partial charge in [-0.25, -0.2) is 4.79 Å². The first-order valence-electron chi connectivity index (χ1n) is 8.72. The molecule has 1 aromatic heterocycles. The molecule has 0 saturated heterocycles. The first-order valence-corrected chi connectivity index (χ1v) is 8.72. The Morgan fingerprint density at radius 3 is 2.27 bits per heavy atom. The monoisotopic (exact) mass is 366 g/mol. The topological polar surface area (TPSA) is 77.8 Å². The summed E-state index contributed by atoms with van der Waals surface area (Å²) in [5.74, 6) is -0.942. The van der Waals surface area contributed by atoms with E-state index in [1.165, 1.54) is 7.11 Å². The van der Waals surface area contributed by atoms with Crippen LogP contribution in [0.3, 0.4) is 0 Å². The predicted molar refractivity (Wildman–Crippen MR) is 98.5 cm³/mol. The van der Waals surface area contributed by atoms with E-state index in [4.69, 9.17) is 9.47 Å². The van der Waals surface area contributed by atoms with Gasteiger partial charge in [-0.15, -0.1) is 0 Å². The zero-order chi connectivity index (χ0) is 20.0. The van der Waals surface area contributed by atoms with Crippen LogP contribution in [-0.2, 0) is 21.3 Å². The van der Waals surface area contributed by atoms with Crippen LogP contribution in [-0.4, -0.2) is 61.0 Å². The zero-order valence-corrected chi connectivity index (χ0v) is 16.8. The van der Waals surface area contributed by atoms with Crippen molar-refractivity contribution >= 4 is 17.7 Å². The average Bonchev–Trinajstić information content (AvgIpc) is 2.81. The highest BCUT2D eigenvalue weighted by atomic mass is 16.5. The van der Waals surface area contributed by atoms with E-state index in [1.807, 2.05) is 13.8 Å². The van der Waals surface area contributed by atoms with Gasteiger partial charge in [0.2, 0.25) is 5.91 Å². The van der Waals surface area contributed by atoms with E-state index < -0.39 is 5.97 Å². The Labute approximate surface area is 155 Å². The van der Waals surface area contributed by atoms with Crippen molar-refractivity contribution < 1.29 is 23.9 Å². The van der Waals surface area contributed by atoms with Crippen LogP contribution in [0.1, 0.15) is 52.4 Å². The summed E-state index contributed by atoms with van der Waals surface area (Å²) in [4.78, 5) is 39.0. The maximum atomic E-state index is 12.9. The number of carbonyl (C=O) groups excluding carboxylic acids is 3. The summed E-state index contributed by atoms with van der Waals surface area (Å²) in [7, 11) is 4.64. The molecule has 0 atom stereocenters. The number of esters is 1. The fourth-order valence-electron chi connectivity index (χ4n) is 3.06. The number of ether oxygens (including phenoxy) is 2. The summed E-state index contributed by atoms with van der Waals surface area (Å²) >= 11 is 0. The SMILES string of the molecule is COCCCN(CC(=O)c1c(C)c(C(=O)OC)n(C)c1C)C(=O)C(C)C. The molecule has 0 aromatic carbocycles. The van der Waals surface area contributed by atoms with Crippen LogP contribution in [0.15, 0.2) is 0 Å². The molecule has 0 unspecified atom stereocenters. The molecule has 1 heterocycles. The van der Waals surface area contributed by atoms with E-state index >= 15 is 0 Å². The second-order valence-electron chi connectivity index (χ2n) is 6.67. The minimum absolute atomic E-state index is 0.0208. The minimum atomic E-state index is -0.484. The number of nitrogens with zero attached hydrogens (tertiary/aromatic N) is 2. The average molecular weight is 366 g/mol. The smallest absolute Gasteiger partial charge is 0.354 e. The Morgan fingerprint density at radius 1 is 1.15 bits per heavy atom. The number of hydrogen-bond acceptors (Lipinski definition) is 5. The molecule has 0 saturated carbocycles. The van der Waals surface area contributed by atoms with Crippen LogP contribution in [0.2, 0.25) is 0 Å². The van der Waals surface area contributed by atoms with Crippen LogP contribution in [0.5, 0.6) is 0 Å². The number of hydrogen-bond donors (Lipinski definition) is 0.